The van der Waals surface area contributed by atoms with Crippen molar-refractivity contribution in [1.82, 2.24) is 34.1 Å². The first-order valence-corrected chi connectivity index (χ1v) is 11.2. The van der Waals surface area contributed by atoms with E-state index in [1.54, 1.807) is 28.6 Å². The number of para-hydroxylation sites is 1. The van der Waals surface area contributed by atoms with Gasteiger partial charge in [0.2, 0.25) is 0 Å². The Morgan fingerprint density at radius 2 is 1.94 bits per heavy atom. The molecule has 0 aliphatic heterocycles. The first kappa shape index (κ1) is 22.5. The van der Waals surface area contributed by atoms with E-state index in [9.17, 15) is 4.79 Å². The van der Waals surface area contributed by atoms with E-state index in [1.165, 1.54) is 6.33 Å². The van der Waals surface area contributed by atoms with Crippen molar-refractivity contribution in [2.24, 2.45) is 0 Å². The number of rotatable bonds is 6. The summed E-state index contributed by atoms with van der Waals surface area (Å²) >= 11 is 0. The number of amides is 1. The van der Waals surface area contributed by atoms with Crippen molar-refractivity contribution in [2.45, 2.75) is 32.9 Å². The van der Waals surface area contributed by atoms with Crippen LogP contribution >= 0.6 is 0 Å². The van der Waals surface area contributed by atoms with Crippen LogP contribution in [0.2, 0.25) is 0 Å². The number of ether oxygens (including phenoxy) is 1. The minimum absolute atomic E-state index is 0.293. The summed E-state index contributed by atoms with van der Waals surface area (Å²) in [6.45, 7) is 7.20. The van der Waals surface area contributed by atoms with E-state index in [1.807, 2.05) is 55.8 Å². The zero-order valence-corrected chi connectivity index (χ0v) is 20.1. The lowest BCUT2D eigenvalue weighted by Gasteiger charge is -2.19. The van der Waals surface area contributed by atoms with Crippen molar-refractivity contribution in [3.63, 3.8) is 0 Å². The second-order valence-electron chi connectivity index (χ2n) is 9.20. The van der Waals surface area contributed by atoms with Gasteiger partial charge in [-0.25, -0.2) is 14.6 Å². The standard InChI is InChI=1S/C24H27N9O2/c1-24(2,3)33-21-19(20(25)26-14-27-21)22(30-33)32-16-8-6-5-7-15(16)13-17(32)23(34)28-18-9-10-31(29-18)11-12-35-4/h5-10,13-14H,11-12H2,1-4H3,(H2,25,26,27)(H,28,29,34). The lowest BCUT2D eigenvalue weighted by atomic mass is 10.1. The van der Waals surface area contributed by atoms with E-state index in [-0.39, 0.29) is 11.4 Å². The number of anilines is 2. The van der Waals surface area contributed by atoms with Gasteiger partial charge in [-0.3, -0.25) is 14.0 Å². The van der Waals surface area contributed by atoms with Gasteiger partial charge in [0.15, 0.2) is 17.3 Å². The van der Waals surface area contributed by atoms with E-state index in [2.05, 4.69) is 20.4 Å². The molecule has 35 heavy (non-hydrogen) atoms. The van der Waals surface area contributed by atoms with Crippen molar-refractivity contribution >= 4 is 39.5 Å². The maximum atomic E-state index is 13.5. The van der Waals surface area contributed by atoms with Gasteiger partial charge >= 0.3 is 0 Å². The van der Waals surface area contributed by atoms with Crippen LogP contribution in [0.15, 0.2) is 48.9 Å². The summed E-state index contributed by atoms with van der Waals surface area (Å²) in [7, 11) is 1.63. The molecule has 1 amide bonds. The fraction of sp³-hybridized carbons (Fsp3) is 0.292. The average molecular weight is 474 g/mol. The number of aromatic nitrogens is 7. The summed E-state index contributed by atoms with van der Waals surface area (Å²) in [5.74, 6) is 0.898. The summed E-state index contributed by atoms with van der Waals surface area (Å²) in [6, 6.07) is 11.3. The summed E-state index contributed by atoms with van der Waals surface area (Å²) in [4.78, 5) is 22.2. The third kappa shape index (κ3) is 3.99. The highest BCUT2D eigenvalue weighted by Crippen LogP contribution is 2.33. The monoisotopic (exact) mass is 473 g/mol. The molecule has 0 spiro atoms. The second kappa shape index (κ2) is 8.51. The minimum atomic E-state index is -0.377. The molecule has 11 nitrogen and oxygen atoms in total. The maximum absolute atomic E-state index is 13.5. The molecule has 5 rings (SSSR count). The molecule has 0 bridgehead atoms. The molecule has 0 fully saturated rings. The summed E-state index contributed by atoms with van der Waals surface area (Å²) in [5.41, 5.74) is 7.74. The molecule has 0 unspecified atom stereocenters. The van der Waals surface area contributed by atoms with Crippen LogP contribution in [0.25, 0.3) is 27.8 Å². The maximum Gasteiger partial charge on any atom is 0.273 e. The Labute approximate surface area is 201 Å². The van der Waals surface area contributed by atoms with E-state index >= 15 is 0 Å². The first-order chi connectivity index (χ1) is 16.8. The molecule has 0 saturated carbocycles. The average Bonchev–Trinajstić information content (AvgIpc) is 3.52. The number of benzene rings is 1. The molecule has 4 aromatic heterocycles. The highest BCUT2D eigenvalue weighted by atomic mass is 16.5. The van der Waals surface area contributed by atoms with Gasteiger partial charge in [0, 0.05) is 24.8 Å². The lowest BCUT2D eigenvalue weighted by Crippen LogP contribution is -2.24. The molecule has 5 aromatic rings. The fourth-order valence-electron chi connectivity index (χ4n) is 4.05. The number of methoxy groups -OCH3 is 1. The highest BCUT2D eigenvalue weighted by molar-refractivity contribution is 6.08. The SMILES string of the molecule is COCCn1ccc(NC(=O)c2cc3ccccc3n2-c2nn(C(C)(C)C)c3ncnc(N)c23)n1. The van der Waals surface area contributed by atoms with E-state index < -0.39 is 0 Å². The van der Waals surface area contributed by atoms with Gasteiger partial charge < -0.3 is 15.8 Å². The predicted molar refractivity (Wildman–Crippen MR) is 134 cm³/mol. The third-order valence-electron chi connectivity index (χ3n) is 5.67. The van der Waals surface area contributed by atoms with E-state index in [0.717, 1.165) is 10.9 Å². The molecule has 0 radical (unpaired) electrons. The van der Waals surface area contributed by atoms with Crippen LogP contribution in [0, 0.1) is 0 Å². The lowest BCUT2D eigenvalue weighted by molar-refractivity contribution is 0.102. The Balaban J connectivity index is 1.67. The number of carbonyl (C=O) groups excluding carboxylic acids is 1. The van der Waals surface area contributed by atoms with Crippen LogP contribution in [-0.2, 0) is 16.8 Å². The van der Waals surface area contributed by atoms with Crippen molar-refractivity contribution in [2.75, 3.05) is 24.8 Å². The van der Waals surface area contributed by atoms with Gasteiger partial charge in [-0.05, 0) is 32.9 Å². The topological polar surface area (TPSA) is 131 Å². The Kier molecular flexibility index (Phi) is 5.48. The number of hydrogen-bond donors (Lipinski definition) is 2. The van der Waals surface area contributed by atoms with Gasteiger partial charge in [-0.15, -0.1) is 0 Å². The van der Waals surface area contributed by atoms with Crippen LogP contribution in [0.3, 0.4) is 0 Å². The third-order valence-corrected chi connectivity index (χ3v) is 5.67. The number of hydrogen-bond acceptors (Lipinski definition) is 7. The largest absolute Gasteiger partial charge is 0.383 e. The molecule has 4 heterocycles. The molecule has 1 aromatic carbocycles. The Morgan fingerprint density at radius 3 is 2.71 bits per heavy atom. The number of nitrogens with one attached hydrogen (secondary N) is 1. The smallest absolute Gasteiger partial charge is 0.273 e. The van der Waals surface area contributed by atoms with Gasteiger partial charge in [0.25, 0.3) is 5.91 Å². The van der Waals surface area contributed by atoms with Crippen LogP contribution in [0.5, 0.6) is 0 Å². The number of nitrogen functional groups attached to an aromatic ring is 1. The molecular formula is C24H27N9O2. The number of nitrogens with zero attached hydrogens (tertiary/aromatic N) is 7. The molecular weight excluding hydrogens is 446 g/mol. The normalized spacial score (nSPS) is 12.0. The first-order valence-electron chi connectivity index (χ1n) is 11.2. The number of carbonyl (C=O) groups is 1. The van der Waals surface area contributed by atoms with Crippen LogP contribution in [0.1, 0.15) is 31.3 Å². The van der Waals surface area contributed by atoms with Gasteiger partial charge in [0.05, 0.1) is 24.2 Å². The van der Waals surface area contributed by atoms with Gasteiger partial charge in [0.1, 0.15) is 23.2 Å². The van der Waals surface area contributed by atoms with E-state index in [0.29, 0.717) is 47.3 Å². The number of fused-ring (bicyclic) bond motifs is 2. The molecule has 0 atom stereocenters. The summed E-state index contributed by atoms with van der Waals surface area (Å²) < 4.78 is 10.4. The zero-order chi connectivity index (χ0) is 24.7. The Hall–Kier alpha value is -4.25. The van der Waals surface area contributed by atoms with E-state index in [4.69, 9.17) is 15.6 Å². The molecule has 11 heteroatoms. The van der Waals surface area contributed by atoms with Crippen molar-refractivity contribution in [3.05, 3.63) is 54.6 Å². The quantitative estimate of drug-likeness (QED) is 0.387. The van der Waals surface area contributed by atoms with Crippen LogP contribution in [0.4, 0.5) is 11.6 Å². The van der Waals surface area contributed by atoms with Gasteiger partial charge in [-0.1, -0.05) is 18.2 Å². The molecule has 0 saturated heterocycles. The predicted octanol–water partition coefficient (Wildman–Crippen LogP) is 3.20. The van der Waals surface area contributed by atoms with Crippen LogP contribution < -0.4 is 11.1 Å². The minimum Gasteiger partial charge on any atom is -0.383 e. The highest BCUT2D eigenvalue weighted by Gasteiger charge is 2.27. The summed E-state index contributed by atoms with van der Waals surface area (Å²) in [6.07, 6.45) is 3.22. The summed E-state index contributed by atoms with van der Waals surface area (Å²) in [5, 5.41) is 13.7. The van der Waals surface area contributed by atoms with Gasteiger partial charge in [-0.2, -0.15) is 10.2 Å². The Morgan fingerprint density at radius 1 is 1.14 bits per heavy atom. The molecule has 180 valence electrons. The zero-order valence-electron chi connectivity index (χ0n) is 20.1. The molecule has 3 N–H and O–H groups in total. The fourth-order valence-corrected chi connectivity index (χ4v) is 4.05. The van der Waals surface area contributed by atoms with Crippen molar-refractivity contribution in [1.29, 1.82) is 0 Å². The second-order valence-corrected chi connectivity index (χ2v) is 9.20. The molecule has 0 aliphatic rings. The van der Waals surface area contributed by atoms with Crippen molar-refractivity contribution < 1.29 is 9.53 Å². The Bertz CT molecular complexity index is 1540. The van der Waals surface area contributed by atoms with Crippen molar-refractivity contribution in [3.8, 4) is 5.82 Å². The number of nitrogens with two attached hydrogens (primary N) is 1. The molecule has 0 aliphatic carbocycles. The van der Waals surface area contributed by atoms with Crippen LogP contribution in [-0.4, -0.2) is 53.7 Å².